The van der Waals surface area contributed by atoms with E-state index in [2.05, 4.69) is 36.9 Å². The number of aryl methyl sites for hydroxylation is 1. The van der Waals surface area contributed by atoms with E-state index in [1.165, 1.54) is 31.5 Å². The molecule has 0 radical (unpaired) electrons. The van der Waals surface area contributed by atoms with Crippen molar-refractivity contribution in [2.45, 2.75) is 32.4 Å². The molecule has 2 aromatic rings. The summed E-state index contributed by atoms with van der Waals surface area (Å²) in [6.07, 6.45) is 13.4. The predicted octanol–water partition coefficient (Wildman–Crippen LogP) is 2.17. The van der Waals surface area contributed by atoms with Gasteiger partial charge in [-0.1, -0.05) is 0 Å². The fraction of sp³-hybridized carbons (Fsp3) is 0.556. The van der Waals surface area contributed by atoms with Crippen molar-refractivity contribution in [2.24, 2.45) is 5.92 Å². The van der Waals surface area contributed by atoms with Crippen LogP contribution in [0.15, 0.2) is 43.2 Å². The van der Waals surface area contributed by atoms with E-state index in [1.807, 2.05) is 31.1 Å². The van der Waals surface area contributed by atoms with Gasteiger partial charge in [0.1, 0.15) is 0 Å². The Bertz CT molecular complexity index is 534. The molecule has 0 spiro atoms. The van der Waals surface area contributed by atoms with Crippen LogP contribution in [0.25, 0.3) is 0 Å². The average molecular weight is 313 g/mol. The Kier molecular flexibility index (Phi) is 6.17. The third-order valence-corrected chi connectivity index (χ3v) is 4.52. The number of aromatic nitrogens is 3. The van der Waals surface area contributed by atoms with E-state index in [1.54, 1.807) is 0 Å². The third kappa shape index (κ3) is 5.44. The van der Waals surface area contributed by atoms with Crippen LogP contribution in [0.5, 0.6) is 0 Å². The second kappa shape index (κ2) is 8.79. The second-order valence-electron chi connectivity index (χ2n) is 6.46. The molecule has 1 N–H and O–H groups in total. The second-order valence-corrected chi connectivity index (χ2v) is 6.46. The summed E-state index contributed by atoms with van der Waals surface area (Å²) in [6, 6.07) is 4.25. The van der Waals surface area contributed by atoms with Gasteiger partial charge in [-0.05, 0) is 56.0 Å². The molecule has 2 aromatic heterocycles. The Morgan fingerprint density at radius 3 is 2.87 bits per heavy atom. The highest BCUT2D eigenvalue weighted by Crippen LogP contribution is 2.14. The highest BCUT2D eigenvalue weighted by atomic mass is 15.1. The molecule has 1 aliphatic rings. The van der Waals surface area contributed by atoms with Gasteiger partial charge in [0.2, 0.25) is 0 Å². The van der Waals surface area contributed by atoms with Crippen molar-refractivity contribution in [1.29, 1.82) is 0 Å². The van der Waals surface area contributed by atoms with Crippen molar-refractivity contribution >= 4 is 0 Å². The average Bonchev–Trinajstić information content (AvgIpc) is 3.10. The van der Waals surface area contributed by atoms with Gasteiger partial charge < -0.3 is 9.88 Å². The van der Waals surface area contributed by atoms with Gasteiger partial charge in [-0.3, -0.25) is 9.88 Å². The van der Waals surface area contributed by atoms with Gasteiger partial charge in [0, 0.05) is 51.0 Å². The van der Waals surface area contributed by atoms with E-state index in [-0.39, 0.29) is 0 Å². The zero-order chi connectivity index (χ0) is 15.7. The Balaban J connectivity index is 1.53. The standard InChI is InChI=1S/C18H27N5/c1-3-18(13-20-6-1)15-23(14-17-4-7-19-8-5-17)11-2-10-22-12-9-21-16-22/h4-5,7-9,12,16,18,20H,1-3,6,10-11,13-15H2. The fourth-order valence-electron chi connectivity index (χ4n) is 3.32. The lowest BCUT2D eigenvalue weighted by Gasteiger charge is -2.30. The molecule has 3 rings (SSSR count). The number of rotatable bonds is 8. The van der Waals surface area contributed by atoms with Crippen LogP contribution in [0.1, 0.15) is 24.8 Å². The maximum atomic E-state index is 4.13. The molecular formula is C18H27N5. The smallest absolute Gasteiger partial charge is 0.0945 e. The van der Waals surface area contributed by atoms with Crippen LogP contribution >= 0.6 is 0 Å². The van der Waals surface area contributed by atoms with Gasteiger partial charge >= 0.3 is 0 Å². The Hall–Kier alpha value is -1.72. The normalized spacial score (nSPS) is 18.4. The molecule has 124 valence electrons. The minimum atomic E-state index is 0.777. The zero-order valence-electron chi connectivity index (χ0n) is 13.8. The number of nitrogens with one attached hydrogen (secondary N) is 1. The molecule has 1 aliphatic heterocycles. The molecule has 0 amide bonds. The summed E-state index contributed by atoms with van der Waals surface area (Å²) in [4.78, 5) is 10.8. The summed E-state index contributed by atoms with van der Waals surface area (Å²) in [6.45, 7) is 6.70. The molecule has 0 aromatic carbocycles. The van der Waals surface area contributed by atoms with Crippen molar-refractivity contribution in [1.82, 2.24) is 24.8 Å². The molecule has 0 aliphatic carbocycles. The van der Waals surface area contributed by atoms with Crippen LogP contribution in [0, 0.1) is 5.92 Å². The number of pyridine rings is 1. The van der Waals surface area contributed by atoms with Crippen LogP contribution in [0.3, 0.4) is 0 Å². The van der Waals surface area contributed by atoms with Crippen LogP contribution in [-0.2, 0) is 13.1 Å². The van der Waals surface area contributed by atoms with Crippen LogP contribution in [-0.4, -0.2) is 45.6 Å². The first-order valence-corrected chi connectivity index (χ1v) is 8.68. The van der Waals surface area contributed by atoms with E-state index >= 15 is 0 Å². The molecule has 1 saturated heterocycles. The molecule has 0 saturated carbocycles. The SMILES string of the molecule is c1cc(CN(CCCn2ccnc2)CC2CCCNC2)ccn1. The van der Waals surface area contributed by atoms with Gasteiger partial charge in [-0.2, -0.15) is 0 Å². The summed E-state index contributed by atoms with van der Waals surface area (Å²) >= 11 is 0. The van der Waals surface area contributed by atoms with Crippen LogP contribution < -0.4 is 5.32 Å². The van der Waals surface area contributed by atoms with Crippen molar-refractivity contribution in [3.63, 3.8) is 0 Å². The Labute approximate surface area is 138 Å². The molecule has 5 nitrogen and oxygen atoms in total. The van der Waals surface area contributed by atoms with E-state index in [0.29, 0.717) is 0 Å². The lowest BCUT2D eigenvalue weighted by Crippen LogP contribution is -2.38. The molecule has 1 unspecified atom stereocenters. The number of hydrogen-bond acceptors (Lipinski definition) is 4. The fourth-order valence-corrected chi connectivity index (χ4v) is 3.32. The molecule has 1 atom stereocenters. The van der Waals surface area contributed by atoms with Crippen molar-refractivity contribution in [3.8, 4) is 0 Å². The lowest BCUT2D eigenvalue weighted by molar-refractivity contribution is 0.196. The summed E-state index contributed by atoms with van der Waals surface area (Å²) in [5, 5.41) is 3.53. The summed E-state index contributed by atoms with van der Waals surface area (Å²) < 4.78 is 2.16. The molecule has 23 heavy (non-hydrogen) atoms. The lowest BCUT2D eigenvalue weighted by atomic mass is 9.99. The number of imidazole rings is 1. The summed E-state index contributed by atoms with van der Waals surface area (Å²) in [7, 11) is 0. The molecule has 0 bridgehead atoms. The topological polar surface area (TPSA) is 46.0 Å². The molecule has 5 heteroatoms. The van der Waals surface area contributed by atoms with Crippen LogP contribution in [0.2, 0.25) is 0 Å². The quantitative estimate of drug-likeness (QED) is 0.811. The number of nitrogens with zero attached hydrogens (tertiary/aromatic N) is 4. The van der Waals surface area contributed by atoms with E-state index in [0.717, 1.165) is 38.5 Å². The first-order chi connectivity index (χ1) is 11.4. The number of piperidine rings is 1. The van der Waals surface area contributed by atoms with E-state index in [9.17, 15) is 0 Å². The van der Waals surface area contributed by atoms with Gasteiger partial charge in [0.15, 0.2) is 0 Å². The van der Waals surface area contributed by atoms with Gasteiger partial charge in [-0.25, -0.2) is 4.98 Å². The zero-order valence-corrected chi connectivity index (χ0v) is 13.8. The highest BCUT2D eigenvalue weighted by molar-refractivity contribution is 5.09. The monoisotopic (exact) mass is 313 g/mol. The summed E-state index contributed by atoms with van der Waals surface area (Å²) in [5.41, 5.74) is 1.35. The Morgan fingerprint density at radius 2 is 2.13 bits per heavy atom. The molecule has 3 heterocycles. The maximum absolute atomic E-state index is 4.13. The minimum absolute atomic E-state index is 0.777. The largest absolute Gasteiger partial charge is 0.337 e. The minimum Gasteiger partial charge on any atom is -0.337 e. The third-order valence-electron chi connectivity index (χ3n) is 4.52. The van der Waals surface area contributed by atoms with E-state index < -0.39 is 0 Å². The first-order valence-electron chi connectivity index (χ1n) is 8.68. The highest BCUT2D eigenvalue weighted by Gasteiger charge is 2.17. The van der Waals surface area contributed by atoms with Crippen molar-refractivity contribution < 1.29 is 0 Å². The maximum Gasteiger partial charge on any atom is 0.0945 e. The van der Waals surface area contributed by atoms with Gasteiger partial charge in [0.25, 0.3) is 0 Å². The van der Waals surface area contributed by atoms with E-state index in [4.69, 9.17) is 0 Å². The Morgan fingerprint density at radius 1 is 1.22 bits per heavy atom. The van der Waals surface area contributed by atoms with Gasteiger partial charge in [0.05, 0.1) is 6.33 Å². The first kappa shape index (κ1) is 16.1. The van der Waals surface area contributed by atoms with Crippen molar-refractivity contribution in [3.05, 3.63) is 48.8 Å². The predicted molar refractivity (Wildman–Crippen MR) is 92.0 cm³/mol. The van der Waals surface area contributed by atoms with Crippen molar-refractivity contribution in [2.75, 3.05) is 26.2 Å². The number of hydrogen-bond donors (Lipinski definition) is 1. The van der Waals surface area contributed by atoms with Crippen LogP contribution in [0.4, 0.5) is 0 Å². The summed E-state index contributed by atoms with van der Waals surface area (Å²) in [5.74, 6) is 0.777. The molecule has 1 fully saturated rings. The molecular weight excluding hydrogens is 286 g/mol. The van der Waals surface area contributed by atoms with Gasteiger partial charge in [-0.15, -0.1) is 0 Å².